The summed E-state index contributed by atoms with van der Waals surface area (Å²) in [5, 5.41) is 3.06. The van der Waals surface area contributed by atoms with E-state index in [9.17, 15) is 4.79 Å². The highest BCUT2D eigenvalue weighted by molar-refractivity contribution is 9.10. The maximum absolute atomic E-state index is 11.9. The van der Waals surface area contributed by atoms with Crippen molar-refractivity contribution in [2.45, 2.75) is 20.3 Å². The Bertz CT molecular complexity index is 554. The molecule has 2 aromatic heterocycles. The van der Waals surface area contributed by atoms with Gasteiger partial charge in [-0.3, -0.25) is 9.89 Å². The number of aryl methyl sites for hydroxylation is 1. The molecule has 0 atom stereocenters. The fraction of sp³-hybridized carbons (Fsp3) is 0.273. The molecule has 0 spiro atoms. The summed E-state index contributed by atoms with van der Waals surface area (Å²) in [6.45, 7) is 3.84. The standard InChI is InChI=1S/C11H12BrN3O/c1-3-9-7(2)11(16)15(14-9)10-5-4-8(12)6-13-10/h4-6,14H,3H2,1-2H3. The lowest BCUT2D eigenvalue weighted by Crippen LogP contribution is -2.16. The molecule has 0 bridgehead atoms. The van der Waals surface area contributed by atoms with Gasteiger partial charge < -0.3 is 0 Å². The smallest absolute Gasteiger partial charge is 0.275 e. The highest BCUT2D eigenvalue weighted by Gasteiger charge is 2.10. The van der Waals surface area contributed by atoms with Crippen LogP contribution in [-0.4, -0.2) is 14.8 Å². The Labute approximate surface area is 101 Å². The largest absolute Gasteiger partial charge is 0.293 e. The van der Waals surface area contributed by atoms with Crippen LogP contribution < -0.4 is 5.56 Å². The van der Waals surface area contributed by atoms with Gasteiger partial charge in [-0.05, 0) is 41.4 Å². The van der Waals surface area contributed by atoms with Gasteiger partial charge >= 0.3 is 0 Å². The van der Waals surface area contributed by atoms with E-state index in [4.69, 9.17) is 0 Å². The number of aromatic nitrogens is 3. The van der Waals surface area contributed by atoms with Crippen LogP contribution in [0.2, 0.25) is 0 Å². The Morgan fingerprint density at radius 2 is 2.25 bits per heavy atom. The van der Waals surface area contributed by atoms with Crippen LogP contribution in [0.4, 0.5) is 0 Å². The molecule has 1 N–H and O–H groups in total. The van der Waals surface area contributed by atoms with Crippen LogP contribution in [0.3, 0.4) is 0 Å². The lowest BCUT2D eigenvalue weighted by Gasteiger charge is -2.00. The summed E-state index contributed by atoms with van der Waals surface area (Å²) in [5.41, 5.74) is 1.67. The second-order valence-electron chi connectivity index (χ2n) is 3.54. The molecular formula is C11H12BrN3O. The van der Waals surface area contributed by atoms with Gasteiger partial charge in [0.2, 0.25) is 0 Å². The maximum Gasteiger partial charge on any atom is 0.275 e. The topological polar surface area (TPSA) is 50.7 Å². The number of hydrogen-bond donors (Lipinski definition) is 1. The van der Waals surface area contributed by atoms with Gasteiger partial charge in [-0.1, -0.05) is 6.92 Å². The molecular weight excluding hydrogens is 270 g/mol. The molecule has 5 heteroatoms. The summed E-state index contributed by atoms with van der Waals surface area (Å²) in [4.78, 5) is 16.1. The molecule has 0 unspecified atom stereocenters. The number of halogens is 1. The van der Waals surface area contributed by atoms with Crippen LogP contribution in [0, 0.1) is 6.92 Å². The molecule has 0 aliphatic heterocycles. The van der Waals surface area contributed by atoms with Crippen molar-refractivity contribution in [3.05, 3.63) is 44.4 Å². The van der Waals surface area contributed by atoms with Crippen LogP contribution in [0.25, 0.3) is 5.82 Å². The lowest BCUT2D eigenvalue weighted by atomic mass is 10.2. The first-order valence-electron chi connectivity index (χ1n) is 5.06. The van der Waals surface area contributed by atoms with Crippen LogP contribution in [0.1, 0.15) is 18.2 Å². The second-order valence-corrected chi connectivity index (χ2v) is 4.46. The van der Waals surface area contributed by atoms with E-state index in [1.54, 1.807) is 12.3 Å². The predicted octanol–water partition coefficient (Wildman–Crippen LogP) is 2.19. The Morgan fingerprint density at radius 1 is 1.50 bits per heavy atom. The third kappa shape index (κ3) is 1.82. The Balaban J connectivity index is 2.56. The van der Waals surface area contributed by atoms with Gasteiger partial charge in [0.05, 0.1) is 0 Å². The highest BCUT2D eigenvalue weighted by atomic mass is 79.9. The third-order valence-electron chi connectivity index (χ3n) is 2.52. The van der Waals surface area contributed by atoms with E-state index in [2.05, 4.69) is 26.0 Å². The molecule has 0 radical (unpaired) electrons. The summed E-state index contributed by atoms with van der Waals surface area (Å²) in [6, 6.07) is 3.65. The van der Waals surface area contributed by atoms with Crippen molar-refractivity contribution >= 4 is 15.9 Å². The minimum absolute atomic E-state index is 0.0355. The van der Waals surface area contributed by atoms with Crippen molar-refractivity contribution in [2.24, 2.45) is 0 Å². The fourth-order valence-corrected chi connectivity index (χ4v) is 1.81. The van der Waals surface area contributed by atoms with Crippen LogP contribution >= 0.6 is 15.9 Å². The highest BCUT2D eigenvalue weighted by Crippen LogP contribution is 2.10. The molecule has 0 aliphatic carbocycles. The molecule has 2 heterocycles. The fourth-order valence-electron chi connectivity index (χ4n) is 1.57. The van der Waals surface area contributed by atoms with Gasteiger partial charge in [0, 0.05) is 21.9 Å². The van der Waals surface area contributed by atoms with E-state index >= 15 is 0 Å². The quantitative estimate of drug-likeness (QED) is 0.918. The van der Waals surface area contributed by atoms with E-state index in [-0.39, 0.29) is 5.56 Å². The number of nitrogens with zero attached hydrogens (tertiary/aromatic N) is 2. The first-order chi connectivity index (χ1) is 7.63. The molecule has 0 aliphatic rings. The number of nitrogens with one attached hydrogen (secondary N) is 1. The average molecular weight is 282 g/mol. The van der Waals surface area contributed by atoms with Crippen molar-refractivity contribution in [3.63, 3.8) is 0 Å². The van der Waals surface area contributed by atoms with Crippen molar-refractivity contribution in [3.8, 4) is 5.82 Å². The SMILES string of the molecule is CCc1[nH]n(-c2ccc(Br)cn2)c(=O)c1C. The van der Waals surface area contributed by atoms with Crippen molar-refractivity contribution in [2.75, 3.05) is 0 Å². The predicted molar refractivity (Wildman–Crippen MR) is 66.0 cm³/mol. The van der Waals surface area contributed by atoms with E-state index in [0.717, 1.165) is 22.2 Å². The minimum Gasteiger partial charge on any atom is -0.293 e. The number of H-pyrrole nitrogens is 1. The third-order valence-corrected chi connectivity index (χ3v) is 2.99. The van der Waals surface area contributed by atoms with Gasteiger partial charge in [0.1, 0.15) is 0 Å². The molecule has 84 valence electrons. The zero-order chi connectivity index (χ0) is 11.7. The van der Waals surface area contributed by atoms with Crippen molar-refractivity contribution in [1.29, 1.82) is 0 Å². The molecule has 0 aromatic carbocycles. The molecule has 16 heavy (non-hydrogen) atoms. The van der Waals surface area contributed by atoms with Gasteiger partial charge in [-0.2, -0.15) is 0 Å². The van der Waals surface area contributed by atoms with E-state index in [0.29, 0.717) is 5.82 Å². The van der Waals surface area contributed by atoms with Crippen LogP contribution in [0.5, 0.6) is 0 Å². The zero-order valence-electron chi connectivity index (χ0n) is 9.12. The number of pyridine rings is 1. The van der Waals surface area contributed by atoms with Gasteiger partial charge in [-0.25, -0.2) is 9.67 Å². The number of hydrogen-bond acceptors (Lipinski definition) is 2. The molecule has 0 saturated heterocycles. The Hall–Kier alpha value is -1.36. The molecule has 4 nitrogen and oxygen atoms in total. The monoisotopic (exact) mass is 281 g/mol. The first kappa shape index (κ1) is 11.1. The van der Waals surface area contributed by atoms with Crippen molar-refractivity contribution < 1.29 is 0 Å². The van der Waals surface area contributed by atoms with Crippen LogP contribution in [-0.2, 0) is 6.42 Å². The van der Waals surface area contributed by atoms with Gasteiger partial charge in [-0.15, -0.1) is 0 Å². The zero-order valence-corrected chi connectivity index (χ0v) is 10.7. The average Bonchev–Trinajstić information content (AvgIpc) is 2.57. The summed E-state index contributed by atoms with van der Waals surface area (Å²) in [5.74, 6) is 0.607. The maximum atomic E-state index is 11.9. The molecule has 2 rings (SSSR count). The number of rotatable bonds is 2. The van der Waals surface area contributed by atoms with Crippen molar-refractivity contribution in [1.82, 2.24) is 14.8 Å². The summed E-state index contributed by atoms with van der Waals surface area (Å²) < 4.78 is 2.36. The minimum atomic E-state index is -0.0355. The molecule has 0 fully saturated rings. The van der Waals surface area contributed by atoms with E-state index in [1.165, 1.54) is 4.68 Å². The molecule has 2 aromatic rings. The van der Waals surface area contributed by atoms with Crippen LogP contribution in [0.15, 0.2) is 27.6 Å². The Morgan fingerprint density at radius 3 is 2.75 bits per heavy atom. The number of aromatic amines is 1. The summed E-state index contributed by atoms with van der Waals surface area (Å²) >= 11 is 3.31. The summed E-state index contributed by atoms with van der Waals surface area (Å²) in [7, 11) is 0. The lowest BCUT2D eigenvalue weighted by molar-refractivity contribution is 0.794. The van der Waals surface area contributed by atoms with Gasteiger partial charge in [0.15, 0.2) is 5.82 Å². The molecule has 0 amide bonds. The Kier molecular flexibility index (Phi) is 2.96. The molecule has 0 saturated carbocycles. The second kappa shape index (κ2) is 4.25. The summed E-state index contributed by atoms with van der Waals surface area (Å²) in [6.07, 6.45) is 2.48. The first-order valence-corrected chi connectivity index (χ1v) is 5.85. The van der Waals surface area contributed by atoms with E-state index in [1.807, 2.05) is 19.9 Å². The van der Waals surface area contributed by atoms with Gasteiger partial charge in [0.25, 0.3) is 5.56 Å². The van der Waals surface area contributed by atoms with E-state index < -0.39 is 0 Å². The normalized spacial score (nSPS) is 10.7.